The molecule has 0 radical (unpaired) electrons. The van der Waals surface area contributed by atoms with Crippen LogP contribution in [0, 0.1) is 11.8 Å². The molecule has 3 atom stereocenters. The number of fused-ring (bicyclic) bond motifs is 2. The third-order valence-corrected chi connectivity index (χ3v) is 6.32. The van der Waals surface area contributed by atoms with Crippen LogP contribution in [0.2, 0.25) is 0 Å². The van der Waals surface area contributed by atoms with Crippen molar-refractivity contribution < 1.29 is 9.21 Å². The minimum atomic E-state index is 0. The number of amides is 1. The van der Waals surface area contributed by atoms with Gasteiger partial charge < -0.3 is 14.6 Å². The van der Waals surface area contributed by atoms with Gasteiger partial charge in [-0.3, -0.25) is 14.7 Å². The molecule has 6 nitrogen and oxygen atoms in total. The predicted octanol–water partition coefficient (Wildman–Crippen LogP) is 3.34. The fourth-order valence-corrected chi connectivity index (χ4v) is 4.88. The zero-order valence-electron chi connectivity index (χ0n) is 17.7. The molecule has 0 spiro atoms. The summed E-state index contributed by atoms with van der Waals surface area (Å²) in [5.74, 6) is 2.44. The summed E-state index contributed by atoms with van der Waals surface area (Å²) in [5.41, 5.74) is 1.29. The van der Waals surface area contributed by atoms with Crippen LogP contribution in [0.5, 0.6) is 0 Å². The van der Waals surface area contributed by atoms with Gasteiger partial charge in [0, 0.05) is 51.5 Å². The molecule has 4 heterocycles. The second kappa shape index (κ2) is 10.9. The summed E-state index contributed by atoms with van der Waals surface area (Å²) in [4.78, 5) is 21.0. The monoisotopic (exact) mass is 432 g/mol. The number of carbonyl (C=O) groups excluding carboxylic acids is 1. The Bertz CT molecular complexity index is 771. The first-order valence-electron chi connectivity index (χ1n) is 10.8. The molecule has 2 aliphatic heterocycles. The Morgan fingerprint density at radius 2 is 2.23 bits per heavy atom. The number of likely N-dealkylation sites (tertiary alicyclic amines) is 1. The number of aromatic nitrogens is 1. The molecule has 1 amide bonds. The van der Waals surface area contributed by atoms with Crippen LogP contribution in [-0.2, 0) is 17.9 Å². The van der Waals surface area contributed by atoms with E-state index < -0.39 is 0 Å². The van der Waals surface area contributed by atoms with Crippen LogP contribution < -0.4 is 5.32 Å². The summed E-state index contributed by atoms with van der Waals surface area (Å²) in [6, 6.07) is 8.47. The first-order chi connectivity index (χ1) is 14.2. The summed E-state index contributed by atoms with van der Waals surface area (Å²) < 4.78 is 5.34. The predicted molar refractivity (Wildman–Crippen MR) is 119 cm³/mol. The molecule has 0 aromatic carbocycles. The molecule has 0 saturated carbocycles. The Balaban J connectivity index is 0.00000256. The zero-order chi connectivity index (χ0) is 20.1. The number of hydrogen-bond acceptors (Lipinski definition) is 5. The van der Waals surface area contributed by atoms with Crippen LogP contribution >= 0.6 is 12.4 Å². The van der Waals surface area contributed by atoms with Gasteiger partial charge >= 0.3 is 0 Å². The highest BCUT2D eigenvalue weighted by Crippen LogP contribution is 2.31. The molecule has 2 aromatic rings. The molecule has 2 fully saturated rings. The molecule has 2 saturated heterocycles. The third kappa shape index (κ3) is 6.06. The van der Waals surface area contributed by atoms with Crippen LogP contribution in [-0.4, -0.2) is 53.4 Å². The van der Waals surface area contributed by atoms with Gasteiger partial charge in [0.05, 0.1) is 12.8 Å². The highest BCUT2D eigenvalue weighted by molar-refractivity contribution is 5.85. The maximum atomic E-state index is 12.4. The molecule has 0 aliphatic carbocycles. The van der Waals surface area contributed by atoms with Crippen molar-refractivity contribution in [2.45, 2.75) is 44.8 Å². The Labute approximate surface area is 185 Å². The lowest BCUT2D eigenvalue weighted by Crippen LogP contribution is -2.55. The second-order valence-electron chi connectivity index (χ2n) is 8.65. The Hall–Kier alpha value is -1.89. The summed E-state index contributed by atoms with van der Waals surface area (Å²) in [7, 11) is 1.85. The van der Waals surface area contributed by atoms with E-state index in [9.17, 15) is 4.79 Å². The van der Waals surface area contributed by atoms with E-state index in [0.717, 1.165) is 44.2 Å². The number of furan rings is 1. The van der Waals surface area contributed by atoms with E-state index in [0.29, 0.717) is 24.9 Å². The normalized spacial score (nSPS) is 23.6. The quantitative estimate of drug-likeness (QED) is 0.693. The molecule has 164 valence electrons. The van der Waals surface area contributed by atoms with Crippen LogP contribution in [0.1, 0.15) is 37.0 Å². The minimum Gasteiger partial charge on any atom is -0.467 e. The average Bonchev–Trinajstić information content (AvgIpc) is 3.23. The largest absolute Gasteiger partial charge is 0.467 e. The lowest BCUT2D eigenvalue weighted by Gasteiger charge is -2.46. The topological polar surface area (TPSA) is 61.6 Å². The van der Waals surface area contributed by atoms with Crippen LogP contribution in [0.3, 0.4) is 0 Å². The molecule has 2 aliphatic rings. The van der Waals surface area contributed by atoms with E-state index in [4.69, 9.17) is 4.42 Å². The van der Waals surface area contributed by atoms with Crippen molar-refractivity contribution in [3.05, 3.63) is 54.2 Å². The maximum absolute atomic E-state index is 12.4. The second-order valence-corrected chi connectivity index (χ2v) is 8.65. The summed E-state index contributed by atoms with van der Waals surface area (Å²) in [6.07, 6.45) is 9.38. The van der Waals surface area contributed by atoms with Crippen molar-refractivity contribution in [1.82, 2.24) is 20.1 Å². The molecule has 1 N–H and O–H groups in total. The number of rotatable bonds is 8. The fourth-order valence-electron chi connectivity index (χ4n) is 4.88. The average molecular weight is 433 g/mol. The fraction of sp³-hybridized carbons (Fsp3) is 0.565. The van der Waals surface area contributed by atoms with Crippen molar-refractivity contribution in [1.29, 1.82) is 0 Å². The molecule has 2 aromatic heterocycles. The van der Waals surface area contributed by atoms with Gasteiger partial charge in [0.1, 0.15) is 5.76 Å². The number of piperidine rings is 2. The van der Waals surface area contributed by atoms with Crippen LogP contribution in [0.15, 0.2) is 47.3 Å². The van der Waals surface area contributed by atoms with Crippen LogP contribution in [0.4, 0.5) is 0 Å². The summed E-state index contributed by atoms with van der Waals surface area (Å²) in [6.45, 7) is 4.93. The zero-order valence-corrected chi connectivity index (χ0v) is 18.5. The number of pyridine rings is 1. The first-order valence-corrected chi connectivity index (χ1v) is 10.8. The van der Waals surface area contributed by atoms with Crippen LogP contribution in [0.25, 0.3) is 0 Å². The van der Waals surface area contributed by atoms with E-state index in [1.54, 1.807) is 11.2 Å². The SMILES string of the molecule is CN(Cc1ccco1)C(=O)CCC[C@H]1NC[C@@H]2C[C@@H]1CN(Cc1cccnc1)C2.Cl. The smallest absolute Gasteiger partial charge is 0.222 e. The highest BCUT2D eigenvalue weighted by atomic mass is 35.5. The molecule has 30 heavy (non-hydrogen) atoms. The van der Waals surface area contributed by atoms with Gasteiger partial charge in [-0.05, 0) is 61.4 Å². The van der Waals surface area contributed by atoms with Crippen molar-refractivity contribution >= 4 is 18.3 Å². The van der Waals surface area contributed by atoms with E-state index in [2.05, 4.69) is 21.3 Å². The number of nitrogens with one attached hydrogen (secondary N) is 1. The van der Waals surface area contributed by atoms with Gasteiger partial charge in [-0.2, -0.15) is 0 Å². The standard InChI is InChI=1S/C23H32N4O2.ClH/c1-26(17-21-6-4-10-29-21)23(28)8-2-7-22-20-11-19(13-25-22)15-27(16-20)14-18-5-3-9-24-12-18;/h3-6,9-10,12,19-20,22,25H,2,7-8,11,13-17H2,1H3;1H/t19-,20+,22+;/m0./s1. The molecule has 2 bridgehead atoms. The number of nitrogens with zero attached hydrogens (tertiary/aromatic N) is 3. The minimum absolute atomic E-state index is 0. The lowest BCUT2D eigenvalue weighted by atomic mass is 9.79. The molecular weight excluding hydrogens is 400 g/mol. The van der Waals surface area contributed by atoms with E-state index in [-0.39, 0.29) is 18.3 Å². The molecule has 7 heteroatoms. The number of carbonyl (C=O) groups is 1. The first kappa shape index (κ1) is 22.8. The van der Waals surface area contributed by atoms with Crippen molar-refractivity contribution in [2.24, 2.45) is 11.8 Å². The van der Waals surface area contributed by atoms with Gasteiger partial charge in [-0.25, -0.2) is 0 Å². The highest BCUT2D eigenvalue weighted by Gasteiger charge is 2.36. The number of halogens is 1. The van der Waals surface area contributed by atoms with E-state index in [1.807, 2.05) is 37.6 Å². The van der Waals surface area contributed by atoms with Crippen molar-refractivity contribution in [3.8, 4) is 0 Å². The van der Waals surface area contributed by atoms with E-state index >= 15 is 0 Å². The van der Waals surface area contributed by atoms with Gasteiger partial charge in [0.2, 0.25) is 5.91 Å². The van der Waals surface area contributed by atoms with Crippen molar-refractivity contribution in [2.75, 3.05) is 26.7 Å². The molecular formula is C23H33ClN4O2. The maximum Gasteiger partial charge on any atom is 0.222 e. The van der Waals surface area contributed by atoms with Crippen molar-refractivity contribution in [3.63, 3.8) is 0 Å². The summed E-state index contributed by atoms with van der Waals surface area (Å²) >= 11 is 0. The van der Waals surface area contributed by atoms with Gasteiger partial charge in [0.25, 0.3) is 0 Å². The van der Waals surface area contributed by atoms with Gasteiger partial charge in [0.15, 0.2) is 0 Å². The number of hydrogen-bond donors (Lipinski definition) is 1. The Kier molecular flexibility index (Phi) is 8.31. The lowest BCUT2D eigenvalue weighted by molar-refractivity contribution is -0.130. The third-order valence-electron chi connectivity index (χ3n) is 6.32. The van der Waals surface area contributed by atoms with E-state index in [1.165, 1.54) is 18.5 Å². The molecule has 4 rings (SSSR count). The summed E-state index contributed by atoms with van der Waals surface area (Å²) in [5, 5.41) is 3.77. The van der Waals surface area contributed by atoms with Gasteiger partial charge in [-0.15, -0.1) is 12.4 Å². The van der Waals surface area contributed by atoms with Gasteiger partial charge in [-0.1, -0.05) is 6.07 Å². The Morgan fingerprint density at radius 1 is 1.33 bits per heavy atom. The Morgan fingerprint density at radius 3 is 3.00 bits per heavy atom. The molecule has 0 unspecified atom stereocenters.